The lowest BCUT2D eigenvalue weighted by molar-refractivity contribution is 0.398. The van der Waals surface area contributed by atoms with Crippen LogP contribution in [0.4, 0.5) is 0 Å². The van der Waals surface area contributed by atoms with E-state index in [0.29, 0.717) is 16.5 Å². The Bertz CT molecular complexity index is 692. The fraction of sp³-hybridized carbons (Fsp3) is 0.0769. The fourth-order valence-corrected chi connectivity index (χ4v) is 1.90. The molecule has 0 aliphatic heterocycles. The van der Waals surface area contributed by atoms with Crippen LogP contribution in [0.3, 0.4) is 0 Å². The van der Waals surface area contributed by atoms with Crippen LogP contribution < -0.4 is 4.74 Å². The maximum atomic E-state index is 5.86. The molecule has 0 saturated heterocycles. The second kappa shape index (κ2) is 4.31. The van der Waals surface area contributed by atoms with Gasteiger partial charge in [-0.2, -0.15) is 0 Å². The van der Waals surface area contributed by atoms with Crippen molar-refractivity contribution >= 4 is 22.7 Å². The molecule has 0 radical (unpaired) electrons. The monoisotopic (exact) mass is 260 g/mol. The Labute approximate surface area is 108 Å². The van der Waals surface area contributed by atoms with Crippen LogP contribution in [0.25, 0.3) is 22.2 Å². The summed E-state index contributed by atoms with van der Waals surface area (Å²) in [5.74, 6) is 0.572. The van der Waals surface area contributed by atoms with Crippen molar-refractivity contribution in [2.75, 3.05) is 7.11 Å². The van der Waals surface area contributed by atoms with Crippen LogP contribution in [0.5, 0.6) is 5.88 Å². The summed E-state index contributed by atoms with van der Waals surface area (Å²) in [6.45, 7) is 0. The molecule has 0 atom stereocenters. The molecule has 3 rings (SSSR count). The number of nitrogens with zero attached hydrogens (tertiary/aromatic N) is 2. The van der Waals surface area contributed by atoms with Crippen molar-refractivity contribution in [3.05, 3.63) is 41.9 Å². The minimum Gasteiger partial charge on any atom is -0.481 e. The average Bonchev–Trinajstić information content (AvgIpc) is 2.81. The largest absolute Gasteiger partial charge is 0.481 e. The average molecular weight is 261 g/mol. The van der Waals surface area contributed by atoms with E-state index in [1.54, 1.807) is 37.9 Å². The van der Waals surface area contributed by atoms with E-state index in [1.165, 1.54) is 0 Å². The standard InChI is InChI=1S/C13H9ClN2O2/c1-17-12-3-2-8(5-15-12)10-7-18-11-4-9(14)6-16-13(10)11/h2-7H,1H3. The lowest BCUT2D eigenvalue weighted by Gasteiger charge is -2.00. The summed E-state index contributed by atoms with van der Waals surface area (Å²) >= 11 is 5.86. The van der Waals surface area contributed by atoms with Gasteiger partial charge in [-0.15, -0.1) is 0 Å². The first-order chi connectivity index (χ1) is 8.78. The van der Waals surface area contributed by atoms with Gasteiger partial charge in [-0.25, -0.2) is 4.98 Å². The number of aromatic nitrogens is 2. The topological polar surface area (TPSA) is 48.2 Å². The molecule has 0 unspecified atom stereocenters. The van der Waals surface area contributed by atoms with Crippen LogP contribution in [0, 0.1) is 0 Å². The molecule has 0 aromatic carbocycles. The summed E-state index contributed by atoms with van der Waals surface area (Å²) in [4.78, 5) is 8.43. The summed E-state index contributed by atoms with van der Waals surface area (Å²) in [5.41, 5.74) is 3.24. The zero-order chi connectivity index (χ0) is 12.5. The molecule has 3 aromatic heterocycles. The van der Waals surface area contributed by atoms with Gasteiger partial charge in [0.25, 0.3) is 0 Å². The number of rotatable bonds is 2. The summed E-state index contributed by atoms with van der Waals surface area (Å²) in [7, 11) is 1.58. The molecule has 0 aliphatic carbocycles. The molecular formula is C13H9ClN2O2. The van der Waals surface area contributed by atoms with Crippen LogP contribution in [0.2, 0.25) is 5.02 Å². The van der Waals surface area contributed by atoms with Crippen LogP contribution in [-0.4, -0.2) is 17.1 Å². The zero-order valence-corrected chi connectivity index (χ0v) is 10.3. The van der Waals surface area contributed by atoms with Gasteiger partial charge in [0.1, 0.15) is 11.8 Å². The maximum absolute atomic E-state index is 5.86. The smallest absolute Gasteiger partial charge is 0.212 e. The molecule has 0 N–H and O–H groups in total. The Kier molecular flexibility index (Phi) is 2.64. The van der Waals surface area contributed by atoms with E-state index < -0.39 is 0 Å². The molecule has 90 valence electrons. The van der Waals surface area contributed by atoms with Crippen LogP contribution in [-0.2, 0) is 0 Å². The first kappa shape index (κ1) is 11.0. The first-order valence-corrected chi connectivity index (χ1v) is 5.69. The molecule has 3 heterocycles. The molecule has 5 heteroatoms. The fourth-order valence-electron chi connectivity index (χ4n) is 1.76. The first-order valence-electron chi connectivity index (χ1n) is 5.31. The van der Waals surface area contributed by atoms with Gasteiger partial charge in [-0.1, -0.05) is 11.6 Å². The van der Waals surface area contributed by atoms with Crippen LogP contribution >= 0.6 is 11.6 Å². The molecule has 0 fully saturated rings. The third-order valence-electron chi connectivity index (χ3n) is 2.63. The van der Waals surface area contributed by atoms with Gasteiger partial charge >= 0.3 is 0 Å². The highest BCUT2D eigenvalue weighted by Crippen LogP contribution is 2.30. The highest BCUT2D eigenvalue weighted by Gasteiger charge is 2.10. The number of methoxy groups -OCH3 is 1. The van der Waals surface area contributed by atoms with Crippen molar-refractivity contribution in [1.29, 1.82) is 0 Å². The number of pyridine rings is 2. The van der Waals surface area contributed by atoms with Crippen molar-refractivity contribution in [3.63, 3.8) is 0 Å². The quantitative estimate of drug-likeness (QED) is 0.707. The van der Waals surface area contributed by atoms with E-state index in [-0.39, 0.29) is 0 Å². The Morgan fingerprint density at radius 3 is 2.83 bits per heavy atom. The van der Waals surface area contributed by atoms with Crippen LogP contribution in [0.1, 0.15) is 0 Å². The molecule has 0 bridgehead atoms. The second-order valence-electron chi connectivity index (χ2n) is 3.74. The minimum absolute atomic E-state index is 0.552. The lowest BCUT2D eigenvalue weighted by atomic mass is 10.1. The molecular weight excluding hydrogens is 252 g/mol. The van der Waals surface area contributed by atoms with Gasteiger partial charge in [-0.3, -0.25) is 4.98 Å². The van der Waals surface area contributed by atoms with Gasteiger partial charge in [0.2, 0.25) is 5.88 Å². The van der Waals surface area contributed by atoms with Gasteiger partial charge in [0.05, 0.1) is 12.1 Å². The Hall–Kier alpha value is -2.07. The van der Waals surface area contributed by atoms with Gasteiger partial charge in [0, 0.05) is 35.7 Å². The zero-order valence-electron chi connectivity index (χ0n) is 9.55. The number of halogens is 1. The molecule has 4 nitrogen and oxygen atoms in total. The summed E-state index contributed by atoms with van der Waals surface area (Å²) < 4.78 is 10.5. The van der Waals surface area contributed by atoms with Gasteiger partial charge < -0.3 is 9.15 Å². The molecule has 0 aliphatic rings. The second-order valence-corrected chi connectivity index (χ2v) is 4.18. The highest BCUT2D eigenvalue weighted by molar-refractivity contribution is 6.31. The Morgan fingerprint density at radius 2 is 2.11 bits per heavy atom. The van der Waals surface area contributed by atoms with Crippen LogP contribution in [0.15, 0.2) is 41.3 Å². The molecule has 18 heavy (non-hydrogen) atoms. The Morgan fingerprint density at radius 1 is 1.22 bits per heavy atom. The number of hydrogen-bond donors (Lipinski definition) is 0. The summed E-state index contributed by atoms with van der Waals surface area (Å²) in [6.07, 6.45) is 4.97. The van der Waals surface area contributed by atoms with E-state index >= 15 is 0 Å². The van der Waals surface area contributed by atoms with Crippen molar-refractivity contribution in [2.45, 2.75) is 0 Å². The number of ether oxygens (including phenoxy) is 1. The molecule has 3 aromatic rings. The van der Waals surface area contributed by atoms with E-state index in [9.17, 15) is 0 Å². The van der Waals surface area contributed by atoms with E-state index in [0.717, 1.165) is 16.6 Å². The molecule has 0 spiro atoms. The van der Waals surface area contributed by atoms with E-state index in [2.05, 4.69) is 9.97 Å². The van der Waals surface area contributed by atoms with Crippen molar-refractivity contribution < 1.29 is 9.15 Å². The summed E-state index contributed by atoms with van der Waals surface area (Å²) in [6, 6.07) is 5.45. The molecule has 0 amide bonds. The SMILES string of the molecule is COc1ccc(-c2coc3cc(Cl)cnc23)cn1. The van der Waals surface area contributed by atoms with Crippen molar-refractivity contribution in [3.8, 4) is 17.0 Å². The maximum Gasteiger partial charge on any atom is 0.212 e. The third-order valence-corrected chi connectivity index (χ3v) is 2.84. The number of hydrogen-bond acceptors (Lipinski definition) is 4. The van der Waals surface area contributed by atoms with Gasteiger partial charge in [-0.05, 0) is 6.07 Å². The molecule has 0 saturated carbocycles. The minimum atomic E-state index is 0.552. The van der Waals surface area contributed by atoms with Crippen molar-refractivity contribution in [1.82, 2.24) is 9.97 Å². The van der Waals surface area contributed by atoms with Crippen molar-refractivity contribution in [2.24, 2.45) is 0 Å². The number of furan rings is 1. The normalized spacial score (nSPS) is 10.8. The van der Waals surface area contributed by atoms with E-state index in [1.807, 2.05) is 6.07 Å². The van der Waals surface area contributed by atoms with Gasteiger partial charge in [0.15, 0.2) is 5.58 Å². The van der Waals surface area contributed by atoms with E-state index in [4.69, 9.17) is 20.8 Å². The number of fused-ring (bicyclic) bond motifs is 1. The Balaban J connectivity index is 2.13. The third kappa shape index (κ3) is 1.80. The predicted octanol–water partition coefficient (Wildman–Crippen LogP) is 3.55. The summed E-state index contributed by atoms with van der Waals surface area (Å²) in [5, 5.41) is 0.552. The lowest BCUT2D eigenvalue weighted by Crippen LogP contribution is -1.87. The predicted molar refractivity (Wildman–Crippen MR) is 68.8 cm³/mol. The highest BCUT2D eigenvalue weighted by atomic mass is 35.5.